The van der Waals surface area contributed by atoms with E-state index in [0.29, 0.717) is 25.7 Å². The van der Waals surface area contributed by atoms with E-state index in [9.17, 15) is 13.2 Å². The van der Waals surface area contributed by atoms with Crippen molar-refractivity contribution in [3.05, 3.63) is 35.4 Å². The summed E-state index contributed by atoms with van der Waals surface area (Å²) in [5, 5.41) is 2.67. The van der Waals surface area contributed by atoms with Crippen molar-refractivity contribution in [1.29, 1.82) is 0 Å². The number of halogens is 1. The first-order chi connectivity index (χ1) is 10.3. The minimum absolute atomic E-state index is 0. The van der Waals surface area contributed by atoms with Gasteiger partial charge < -0.3 is 11.1 Å². The van der Waals surface area contributed by atoms with E-state index in [1.165, 1.54) is 6.26 Å². The van der Waals surface area contributed by atoms with Crippen LogP contribution in [0.3, 0.4) is 0 Å². The Balaban J connectivity index is 0.00000264. The quantitative estimate of drug-likeness (QED) is 0.858. The molecule has 130 valence electrons. The highest BCUT2D eigenvalue weighted by atomic mass is 35.5. The molecule has 1 aromatic rings. The van der Waals surface area contributed by atoms with Crippen molar-refractivity contribution in [3.63, 3.8) is 0 Å². The number of nitrogens with two attached hydrogens (primary N) is 1. The number of nitrogens with one attached hydrogen (secondary N) is 1. The van der Waals surface area contributed by atoms with Crippen LogP contribution in [-0.2, 0) is 14.6 Å². The van der Waals surface area contributed by atoms with Gasteiger partial charge in [0.25, 0.3) is 0 Å². The molecule has 1 aromatic carbocycles. The number of hydrogen-bond acceptors (Lipinski definition) is 4. The lowest BCUT2D eigenvalue weighted by Crippen LogP contribution is -2.43. The van der Waals surface area contributed by atoms with Gasteiger partial charge in [-0.15, -0.1) is 12.4 Å². The summed E-state index contributed by atoms with van der Waals surface area (Å²) >= 11 is 0. The van der Waals surface area contributed by atoms with E-state index >= 15 is 0 Å². The van der Waals surface area contributed by atoms with Gasteiger partial charge >= 0.3 is 0 Å². The van der Waals surface area contributed by atoms with Gasteiger partial charge in [-0.1, -0.05) is 29.8 Å². The molecule has 3 N–H and O–H groups in total. The van der Waals surface area contributed by atoms with Crippen molar-refractivity contribution >= 4 is 28.2 Å². The number of rotatable bonds is 4. The molecule has 5 nitrogen and oxygen atoms in total. The van der Waals surface area contributed by atoms with Crippen LogP contribution in [0.15, 0.2) is 24.3 Å². The Morgan fingerprint density at radius 3 is 2.17 bits per heavy atom. The Kier molecular flexibility index (Phi) is 7.04. The fraction of sp³-hybridized carbons (Fsp3) is 0.562. The molecule has 1 unspecified atom stereocenters. The third-order valence-corrected chi connectivity index (χ3v) is 6.03. The average molecular weight is 361 g/mol. The van der Waals surface area contributed by atoms with Crippen LogP contribution in [0.5, 0.6) is 0 Å². The molecule has 0 saturated heterocycles. The molecular formula is C16H25ClN2O3S. The third kappa shape index (κ3) is 5.48. The van der Waals surface area contributed by atoms with Crippen LogP contribution in [-0.4, -0.2) is 31.9 Å². The summed E-state index contributed by atoms with van der Waals surface area (Å²) < 4.78 is 23.1. The lowest BCUT2D eigenvalue weighted by atomic mass is 9.94. The largest absolute Gasteiger partial charge is 0.352 e. The zero-order valence-electron chi connectivity index (χ0n) is 13.5. The zero-order chi connectivity index (χ0) is 16.3. The maximum atomic E-state index is 12.2. The first-order valence-electron chi connectivity index (χ1n) is 7.59. The van der Waals surface area contributed by atoms with Crippen molar-refractivity contribution in [2.24, 2.45) is 5.73 Å². The second kappa shape index (κ2) is 8.13. The van der Waals surface area contributed by atoms with Crippen LogP contribution in [0.4, 0.5) is 0 Å². The molecule has 1 atom stereocenters. The summed E-state index contributed by atoms with van der Waals surface area (Å²) in [5.41, 5.74) is 7.90. The number of carbonyl (C=O) groups excluding carboxylic acids is 1. The molecule has 1 amide bonds. The lowest BCUT2D eigenvalue weighted by Gasteiger charge is -2.28. The number of benzene rings is 1. The number of amides is 1. The Morgan fingerprint density at radius 2 is 1.70 bits per heavy atom. The minimum Gasteiger partial charge on any atom is -0.352 e. The van der Waals surface area contributed by atoms with Crippen LogP contribution in [0.1, 0.15) is 42.9 Å². The fourth-order valence-corrected chi connectivity index (χ4v) is 3.98. The molecule has 1 fully saturated rings. The summed E-state index contributed by atoms with van der Waals surface area (Å²) in [6.07, 6.45) is 3.85. The van der Waals surface area contributed by atoms with E-state index in [1.807, 2.05) is 31.2 Å². The van der Waals surface area contributed by atoms with Gasteiger partial charge in [-0.25, -0.2) is 8.42 Å². The number of sulfone groups is 1. The fourth-order valence-electron chi connectivity index (χ4n) is 2.85. The van der Waals surface area contributed by atoms with Crippen LogP contribution >= 0.6 is 12.4 Å². The molecule has 0 radical (unpaired) electrons. The normalized spacial score (nSPS) is 22.7. The average Bonchev–Trinajstić information content (AvgIpc) is 2.47. The summed E-state index contributed by atoms with van der Waals surface area (Å²) in [7, 11) is -2.98. The Bertz CT molecular complexity index is 623. The molecule has 0 bridgehead atoms. The highest BCUT2D eigenvalue weighted by Crippen LogP contribution is 2.24. The molecule has 0 spiro atoms. The van der Waals surface area contributed by atoms with Gasteiger partial charge in [-0.2, -0.15) is 0 Å². The lowest BCUT2D eigenvalue weighted by molar-refractivity contribution is -0.123. The molecule has 7 heteroatoms. The topological polar surface area (TPSA) is 89.3 Å². The molecule has 1 aliphatic carbocycles. The molecule has 0 heterocycles. The predicted octanol–water partition coefficient (Wildman–Crippen LogP) is 1.89. The molecule has 2 rings (SSSR count). The second-order valence-electron chi connectivity index (χ2n) is 6.20. The van der Waals surface area contributed by atoms with Crippen molar-refractivity contribution in [2.75, 3.05) is 6.26 Å². The Labute approximate surface area is 144 Å². The van der Waals surface area contributed by atoms with Gasteiger partial charge in [-0.05, 0) is 38.2 Å². The third-order valence-electron chi connectivity index (χ3n) is 4.35. The first-order valence-corrected chi connectivity index (χ1v) is 9.54. The van der Waals surface area contributed by atoms with E-state index in [-0.39, 0.29) is 29.6 Å². The highest BCUT2D eigenvalue weighted by molar-refractivity contribution is 7.91. The summed E-state index contributed by atoms with van der Waals surface area (Å²) in [6.45, 7) is 1.98. The van der Waals surface area contributed by atoms with Gasteiger partial charge in [0.1, 0.15) is 15.9 Å². The monoisotopic (exact) mass is 360 g/mol. The molecule has 1 saturated carbocycles. The van der Waals surface area contributed by atoms with E-state index in [0.717, 1.165) is 11.1 Å². The molecule has 0 aromatic heterocycles. The summed E-state index contributed by atoms with van der Waals surface area (Å²) in [4.78, 5) is 12.2. The zero-order valence-corrected chi connectivity index (χ0v) is 15.1. The van der Waals surface area contributed by atoms with E-state index in [1.54, 1.807) is 0 Å². The van der Waals surface area contributed by atoms with Crippen LogP contribution < -0.4 is 11.1 Å². The molecular weight excluding hydrogens is 336 g/mol. The standard InChI is InChI=1S/C16H24N2O3S.ClH/c1-11-3-5-12(6-4-11)15(17)16(19)18-13-7-9-14(10-8-13)22(2,20)21;/h3-6,13-15H,7-10,17H2,1-2H3,(H,18,19);1H. The van der Waals surface area contributed by atoms with E-state index < -0.39 is 15.9 Å². The summed E-state index contributed by atoms with van der Waals surface area (Å²) in [6, 6.07) is 6.91. The number of aryl methyl sites for hydroxylation is 1. The van der Waals surface area contributed by atoms with Crippen molar-refractivity contribution in [2.45, 2.75) is 49.9 Å². The first kappa shape index (κ1) is 19.9. The maximum absolute atomic E-state index is 12.2. The summed E-state index contributed by atoms with van der Waals surface area (Å²) in [5.74, 6) is -0.202. The van der Waals surface area contributed by atoms with Crippen LogP contribution in [0, 0.1) is 6.92 Å². The SMILES string of the molecule is Cc1ccc(C(N)C(=O)NC2CCC(S(C)(=O)=O)CC2)cc1.Cl. The van der Waals surface area contributed by atoms with Crippen molar-refractivity contribution < 1.29 is 13.2 Å². The van der Waals surface area contributed by atoms with Gasteiger partial charge in [0, 0.05) is 12.3 Å². The van der Waals surface area contributed by atoms with E-state index in [2.05, 4.69) is 5.32 Å². The number of hydrogen-bond donors (Lipinski definition) is 2. The predicted molar refractivity (Wildman–Crippen MR) is 94.4 cm³/mol. The van der Waals surface area contributed by atoms with Gasteiger partial charge in [0.15, 0.2) is 0 Å². The van der Waals surface area contributed by atoms with Gasteiger partial charge in [-0.3, -0.25) is 4.79 Å². The number of carbonyl (C=O) groups is 1. The molecule has 23 heavy (non-hydrogen) atoms. The van der Waals surface area contributed by atoms with Crippen LogP contribution in [0.2, 0.25) is 0 Å². The smallest absolute Gasteiger partial charge is 0.241 e. The van der Waals surface area contributed by atoms with E-state index in [4.69, 9.17) is 5.73 Å². The van der Waals surface area contributed by atoms with Crippen molar-refractivity contribution in [3.8, 4) is 0 Å². The Hall–Kier alpha value is -1.11. The van der Waals surface area contributed by atoms with Gasteiger partial charge in [0.05, 0.1) is 5.25 Å². The highest BCUT2D eigenvalue weighted by Gasteiger charge is 2.29. The maximum Gasteiger partial charge on any atom is 0.241 e. The minimum atomic E-state index is -2.98. The second-order valence-corrected chi connectivity index (χ2v) is 8.53. The Morgan fingerprint density at radius 1 is 1.17 bits per heavy atom. The van der Waals surface area contributed by atoms with Crippen molar-refractivity contribution in [1.82, 2.24) is 5.32 Å². The molecule has 1 aliphatic rings. The molecule has 0 aliphatic heterocycles. The van der Waals surface area contributed by atoms with Crippen LogP contribution in [0.25, 0.3) is 0 Å². The van der Waals surface area contributed by atoms with Gasteiger partial charge in [0.2, 0.25) is 5.91 Å².